The molecule has 5 nitrogen and oxygen atoms in total. The van der Waals surface area contributed by atoms with Gasteiger partial charge in [0.05, 0.1) is 32.1 Å². The number of aryl methyl sites for hydroxylation is 1. The summed E-state index contributed by atoms with van der Waals surface area (Å²) in [4.78, 5) is 12.6. The van der Waals surface area contributed by atoms with E-state index in [0.717, 1.165) is 30.6 Å². The molecule has 1 heterocycles. The van der Waals surface area contributed by atoms with E-state index in [0.29, 0.717) is 17.1 Å². The molecule has 1 aliphatic rings. The van der Waals surface area contributed by atoms with Crippen LogP contribution < -0.4 is 14.8 Å². The second-order valence-electron chi connectivity index (χ2n) is 5.28. The van der Waals surface area contributed by atoms with Crippen molar-refractivity contribution in [3.05, 3.63) is 47.4 Å². The van der Waals surface area contributed by atoms with Crippen LogP contribution in [0.25, 0.3) is 0 Å². The molecule has 0 saturated carbocycles. The Morgan fingerprint density at radius 3 is 2.91 bits per heavy atom. The molecule has 0 aliphatic heterocycles. The fourth-order valence-electron chi connectivity index (χ4n) is 2.86. The summed E-state index contributed by atoms with van der Waals surface area (Å²) in [6.45, 7) is 0. The molecular weight excluding hydrogens is 282 g/mol. The molecule has 3 rings (SSSR count). The molecule has 22 heavy (non-hydrogen) atoms. The van der Waals surface area contributed by atoms with Crippen LogP contribution in [0.4, 0.5) is 0 Å². The van der Waals surface area contributed by atoms with Crippen molar-refractivity contribution in [1.82, 2.24) is 5.32 Å². The summed E-state index contributed by atoms with van der Waals surface area (Å²) in [5.74, 6) is 1.97. The van der Waals surface area contributed by atoms with Gasteiger partial charge in [-0.2, -0.15) is 0 Å². The minimum atomic E-state index is -0.154. The zero-order chi connectivity index (χ0) is 15.5. The largest absolute Gasteiger partial charge is 0.497 e. The summed E-state index contributed by atoms with van der Waals surface area (Å²) in [5.41, 5.74) is 1.57. The van der Waals surface area contributed by atoms with E-state index >= 15 is 0 Å². The van der Waals surface area contributed by atoms with Crippen LogP contribution in [-0.4, -0.2) is 20.1 Å². The Kier molecular flexibility index (Phi) is 4.04. The third-order valence-corrected chi connectivity index (χ3v) is 4.01. The van der Waals surface area contributed by atoms with Crippen molar-refractivity contribution >= 4 is 5.91 Å². The SMILES string of the molecule is COc1ccc(C(=O)NC2CCCc3occc32)c(OC)c1. The van der Waals surface area contributed by atoms with Crippen molar-refractivity contribution in [1.29, 1.82) is 0 Å². The van der Waals surface area contributed by atoms with Gasteiger partial charge in [0.15, 0.2) is 0 Å². The average molecular weight is 301 g/mol. The molecule has 1 aromatic heterocycles. The molecule has 0 saturated heterocycles. The molecule has 1 N–H and O–H groups in total. The minimum absolute atomic E-state index is 0.0122. The van der Waals surface area contributed by atoms with Crippen LogP contribution in [0, 0.1) is 0 Å². The topological polar surface area (TPSA) is 60.7 Å². The predicted molar refractivity (Wildman–Crippen MR) is 81.4 cm³/mol. The molecule has 2 aromatic rings. The summed E-state index contributed by atoms with van der Waals surface area (Å²) in [6.07, 6.45) is 4.53. The quantitative estimate of drug-likeness (QED) is 0.942. The van der Waals surface area contributed by atoms with Gasteiger partial charge >= 0.3 is 0 Å². The number of amides is 1. The summed E-state index contributed by atoms with van der Waals surface area (Å²) in [6, 6.07) is 7.10. The predicted octanol–water partition coefficient (Wildman–Crippen LogP) is 3.10. The van der Waals surface area contributed by atoms with Gasteiger partial charge in [-0.25, -0.2) is 0 Å². The van der Waals surface area contributed by atoms with Crippen molar-refractivity contribution in [3.8, 4) is 11.5 Å². The van der Waals surface area contributed by atoms with Crippen LogP contribution in [0.15, 0.2) is 34.9 Å². The lowest BCUT2D eigenvalue weighted by atomic mass is 9.93. The number of fused-ring (bicyclic) bond motifs is 1. The number of benzene rings is 1. The first kappa shape index (κ1) is 14.5. The third kappa shape index (κ3) is 2.66. The first-order chi connectivity index (χ1) is 10.7. The lowest BCUT2D eigenvalue weighted by Gasteiger charge is -2.23. The number of hydrogen-bond donors (Lipinski definition) is 1. The average Bonchev–Trinajstić information content (AvgIpc) is 3.03. The number of rotatable bonds is 4. The standard InChI is InChI=1S/C17H19NO4/c1-20-11-6-7-13(16(10-11)21-2)17(19)18-14-4-3-5-15-12(14)8-9-22-15/h6-10,14H,3-5H2,1-2H3,(H,18,19). The van der Waals surface area contributed by atoms with Gasteiger partial charge in [0.1, 0.15) is 17.3 Å². The van der Waals surface area contributed by atoms with Crippen LogP contribution in [-0.2, 0) is 6.42 Å². The van der Waals surface area contributed by atoms with Crippen LogP contribution in [0.2, 0.25) is 0 Å². The van der Waals surface area contributed by atoms with E-state index in [1.165, 1.54) is 0 Å². The minimum Gasteiger partial charge on any atom is -0.497 e. The Labute approximate surface area is 129 Å². The van der Waals surface area contributed by atoms with Crippen LogP contribution in [0.1, 0.15) is 40.6 Å². The molecule has 1 aliphatic carbocycles. The van der Waals surface area contributed by atoms with Crippen LogP contribution in [0.3, 0.4) is 0 Å². The maximum atomic E-state index is 12.6. The Bertz CT molecular complexity index is 677. The third-order valence-electron chi connectivity index (χ3n) is 4.01. The molecule has 1 atom stereocenters. The van der Waals surface area contributed by atoms with Gasteiger partial charge in [0.2, 0.25) is 0 Å². The van der Waals surface area contributed by atoms with Crippen molar-refractivity contribution in [2.45, 2.75) is 25.3 Å². The number of nitrogens with one attached hydrogen (secondary N) is 1. The fraction of sp³-hybridized carbons (Fsp3) is 0.353. The second kappa shape index (κ2) is 6.13. The maximum Gasteiger partial charge on any atom is 0.255 e. The fourth-order valence-corrected chi connectivity index (χ4v) is 2.86. The number of hydrogen-bond acceptors (Lipinski definition) is 4. The van der Waals surface area contributed by atoms with Crippen molar-refractivity contribution in [2.75, 3.05) is 14.2 Å². The Morgan fingerprint density at radius 1 is 1.27 bits per heavy atom. The van der Waals surface area contributed by atoms with E-state index in [4.69, 9.17) is 13.9 Å². The van der Waals surface area contributed by atoms with Gasteiger partial charge in [-0.05, 0) is 31.0 Å². The van der Waals surface area contributed by atoms with Gasteiger partial charge in [-0.3, -0.25) is 4.79 Å². The van der Waals surface area contributed by atoms with Crippen LogP contribution >= 0.6 is 0 Å². The van der Waals surface area contributed by atoms with Gasteiger partial charge in [-0.1, -0.05) is 0 Å². The van der Waals surface area contributed by atoms with Crippen molar-refractivity contribution < 1.29 is 18.7 Å². The number of methoxy groups -OCH3 is 2. The van der Waals surface area contributed by atoms with E-state index in [2.05, 4.69) is 5.32 Å². The van der Waals surface area contributed by atoms with Gasteiger partial charge in [-0.15, -0.1) is 0 Å². The van der Waals surface area contributed by atoms with Gasteiger partial charge in [0.25, 0.3) is 5.91 Å². The highest BCUT2D eigenvalue weighted by Gasteiger charge is 2.25. The van der Waals surface area contributed by atoms with E-state index in [1.807, 2.05) is 6.07 Å². The van der Waals surface area contributed by atoms with Gasteiger partial charge < -0.3 is 19.2 Å². The van der Waals surface area contributed by atoms with E-state index in [-0.39, 0.29) is 11.9 Å². The van der Waals surface area contributed by atoms with Crippen LogP contribution in [0.5, 0.6) is 11.5 Å². The lowest BCUT2D eigenvalue weighted by molar-refractivity contribution is 0.0929. The number of carbonyl (C=O) groups is 1. The Balaban J connectivity index is 1.81. The zero-order valence-electron chi connectivity index (χ0n) is 12.7. The first-order valence-electron chi connectivity index (χ1n) is 7.32. The highest BCUT2D eigenvalue weighted by molar-refractivity contribution is 5.97. The summed E-state index contributed by atoms with van der Waals surface area (Å²) >= 11 is 0. The molecule has 0 radical (unpaired) electrons. The monoisotopic (exact) mass is 301 g/mol. The summed E-state index contributed by atoms with van der Waals surface area (Å²) in [5, 5.41) is 3.07. The second-order valence-corrected chi connectivity index (χ2v) is 5.28. The highest BCUT2D eigenvalue weighted by Crippen LogP contribution is 2.31. The lowest BCUT2D eigenvalue weighted by Crippen LogP contribution is -2.30. The molecule has 0 spiro atoms. The molecule has 1 unspecified atom stereocenters. The molecule has 1 aromatic carbocycles. The van der Waals surface area contributed by atoms with E-state index in [9.17, 15) is 4.79 Å². The maximum absolute atomic E-state index is 12.6. The first-order valence-corrected chi connectivity index (χ1v) is 7.32. The van der Waals surface area contributed by atoms with E-state index < -0.39 is 0 Å². The van der Waals surface area contributed by atoms with Gasteiger partial charge in [0, 0.05) is 18.1 Å². The number of furan rings is 1. The van der Waals surface area contributed by atoms with E-state index in [1.54, 1.807) is 38.7 Å². The Morgan fingerprint density at radius 2 is 2.14 bits per heavy atom. The summed E-state index contributed by atoms with van der Waals surface area (Å²) in [7, 11) is 3.12. The zero-order valence-corrected chi connectivity index (χ0v) is 12.7. The molecular formula is C17H19NO4. The molecule has 5 heteroatoms. The molecule has 0 bridgehead atoms. The molecule has 116 valence electrons. The highest BCUT2D eigenvalue weighted by atomic mass is 16.5. The number of ether oxygens (including phenoxy) is 2. The summed E-state index contributed by atoms with van der Waals surface area (Å²) < 4.78 is 15.9. The Hall–Kier alpha value is -2.43. The number of carbonyl (C=O) groups excluding carboxylic acids is 1. The van der Waals surface area contributed by atoms with Crippen molar-refractivity contribution in [3.63, 3.8) is 0 Å². The smallest absolute Gasteiger partial charge is 0.255 e. The van der Waals surface area contributed by atoms with Crippen molar-refractivity contribution in [2.24, 2.45) is 0 Å². The molecule has 0 fully saturated rings. The normalized spacial score (nSPS) is 16.7. The molecule has 1 amide bonds.